The molecule has 1 heterocycles. The quantitative estimate of drug-likeness (QED) is 0.801. The van der Waals surface area contributed by atoms with Crippen molar-refractivity contribution in [1.29, 1.82) is 0 Å². The second kappa shape index (κ2) is 7.57. The number of hydrogen-bond acceptors (Lipinski definition) is 3. The lowest BCUT2D eigenvalue weighted by atomic mass is 9.93. The number of benzene rings is 2. The van der Waals surface area contributed by atoms with Gasteiger partial charge in [-0.3, -0.25) is 0 Å². The van der Waals surface area contributed by atoms with E-state index in [-0.39, 0.29) is 30.5 Å². The maximum absolute atomic E-state index is 12.7. The molecule has 2 atom stereocenters. The number of amides is 2. The first-order valence-corrected chi connectivity index (χ1v) is 8.62. The van der Waals surface area contributed by atoms with Gasteiger partial charge in [0.15, 0.2) is 0 Å². The fourth-order valence-corrected chi connectivity index (χ4v) is 3.42. The van der Waals surface area contributed by atoms with Gasteiger partial charge in [-0.15, -0.1) is 0 Å². The standard InChI is InChI=1S/C20H24N2O3/c1-14(12-15-6-8-17(24)9-7-15)21-20(25)22-11-10-16-4-2-3-5-18(16)19(22)13-23/h2-9,14,19,23-24H,10-13H2,1H3,(H,21,25). The Hall–Kier alpha value is -2.53. The van der Waals surface area contributed by atoms with Gasteiger partial charge in [0.2, 0.25) is 0 Å². The molecule has 3 N–H and O–H groups in total. The molecular formula is C20H24N2O3. The number of phenols is 1. The minimum atomic E-state index is -0.300. The second-order valence-corrected chi connectivity index (χ2v) is 6.56. The third-order valence-corrected chi connectivity index (χ3v) is 4.69. The number of aliphatic hydroxyl groups is 1. The van der Waals surface area contributed by atoms with Gasteiger partial charge >= 0.3 is 6.03 Å². The fourth-order valence-electron chi connectivity index (χ4n) is 3.42. The summed E-state index contributed by atoms with van der Waals surface area (Å²) in [5, 5.41) is 22.2. The van der Waals surface area contributed by atoms with Gasteiger partial charge in [0.1, 0.15) is 5.75 Å². The first kappa shape index (κ1) is 17.3. The third-order valence-electron chi connectivity index (χ3n) is 4.69. The van der Waals surface area contributed by atoms with Crippen LogP contribution in [0.15, 0.2) is 48.5 Å². The van der Waals surface area contributed by atoms with Crippen molar-refractivity contribution in [1.82, 2.24) is 10.2 Å². The molecule has 0 saturated carbocycles. The molecular weight excluding hydrogens is 316 g/mol. The number of nitrogens with zero attached hydrogens (tertiary/aromatic N) is 1. The summed E-state index contributed by atoms with van der Waals surface area (Å²) >= 11 is 0. The minimum absolute atomic E-state index is 0.0476. The summed E-state index contributed by atoms with van der Waals surface area (Å²) in [6.07, 6.45) is 1.48. The maximum atomic E-state index is 12.7. The SMILES string of the molecule is CC(Cc1ccc(O)cc1)NC(=O)N1CCc2ccccc2C1CO. The molecule has 25 heavy (non-hydrogen) atoms. The Balaban J connectivity index is 1.65. The monoisotopic (exact) mass is 340 g/mol. The predicted octanol–water partition coefficient (Wildman–Crippen LogP) is 2.62. The van der Waals surface area contributed by atoms with E-state index in [1.807, 2.05) is 37.3 Å². The molecule has 1 aliphatic heterocycles. The van der Waals surface area contributed by atoms with Gasteiger partial charge in [-0.2, -0.15) is 0 Å². The summed E-state index contributed by atoms with van der Waals surface area (Å²) in [6.45, 7) is 2.47. The van der Waals surface area contributed by atoms with Crippen LogP contribution in [0, 0.1) is 0 Å². The predicted molar refractivity (Wildman–Crippen MR) is 96.5 cm³/mol. The van der Waals surface area contributed by atoms with Gasteiger partial charge in [0, 0.05) is 12.6 Å². The molecule has 0 radical (unpaired) electrons. The number of aromatic hydroxyl groups is 1. The zero-order valence-electron chi connectivity index (χ0n) is 14.4. The molecule has 5 heteroatoms. The number of fused-ring (bicyclic) bond motifs is 1. The van der Waals surface area contributed by atoms with Crippen molar-refractivity contribution in [2.75, 3.05) is 13.2 Å². The molecule has 3 rings (SSSR count). The average molecular weight is 340 g/mol. The van der Waals surface area contributed by atoms with E-state index in [9.17, 15) is 15.0 Å². The van der Waals surface area contributed by atoms with Crippen LogP contribution in [0.3, 0.4) is 0 Å². The van der Waals surface area contributed by atoms with E-state index in [2.05, 4.69) is 11.4 Å². The second-order valence-electron chi connectivity index (χ2n) is 6.56. The van der Waals surface area contributed by atoms with Crippen LogP contribution in [-0.4, -0.2) is 40.3 Å². The zero-order valence-corrected chi connectivity index (χ0v) is 14.4. The Morgan fingerprint density at radius 3 is 2.68 bits per heavy atom. The highest BCUT2D eigenvalue weighted by Crippen LogP contribution is 2.29. The molecule has 132 valence electrons. The molecule has 0 spiro atoms. The Morgan fingerprint density at radius 1 is 1.24 bits per heavy atom. The van der Waals surface area contributed by atoms with E-state index in [4.69, 9.17) is 0 Å². The fraction of sp³-hybridized carbons (Fsp3) is 0.350. The van der Waals surface area contributed by atoms with Crippen LogP contribution < -0.4 is 5.32 Å². The van der Waals surface area contributed by atoms with Crippen molar-refractivity contribution in [3.8, 4) is 5.75 Å². The summed E-state index contributed by atoms with van der Waals surface area (Å²) < 4.78 is 0. The lowest BCUT2D eigenvalue weighted by Crippen LogP contribution is -2.49. The number of phenolic OH excluding ortho intramolecular Hbond substituents is 1. The van der Waals surface area contributed by atoms with E-state index >= 15 is 0 Å². The van der Waals surface area contributed by atoms with Crippen molar-refractivity contribution in [2.24, 2.45) is 0 Å². The lowest BCUT2D eigenvalue weighted by Gasteiger charge is -2.37. The third kappa shape index (κ3) is 3.94. The number of rotatable bonds is 4. The summed E-state index contributed by atoms with van der Waals surface area (Å²) in [6, 6.07) is 14.5. The minimum Gasteiger partial charge on any atom is -0.508 e. The van der Waals surface area contributed by atoms with Crippen LogP contribution in [0.25, 0.3) is 0 Å². The van der Waals surface area contributed by atoms with Gasteiger partial charge in [0.05, 0.1) is 12.6 Å². The van der Waals surface area contributed by atoms with E-state index in [0.29, 0.717) is 13.0 Å². The molecule has 0 bridgehead atoms. The van der Waals surface area contributed by atoms with Crippen LogP contribution in [0.4, 0.5) is 4.79 Å². The number of carbonyl (C=O) groups excluding carboxylic acids is 1. The van der Waals surface area contributed by atoms with Gasteiger partial charge in [-0.1, -0.05) is 36.4 Å². The Morgan fingerprint density at radius 2 is 1.96 bits per heavy atom. The number of aliphatic hydroxyl groups excluding tert-OH is 1. The zero-order chi connectivity index (χ0) is 17.8. The van der Waals surface area contributed by atoms with Crippen LogP contribution in [0.2, 0.25) is 0 Å². The highest BCUT2D eigenvalue weighted by molar-refractivity contribution is 5.75. The Kier molecular flexibility index (Phi) is 5.24. The smallest absolute Gasteiger partial charge is 0.318 e. The number of nitrogens with one attached hydrogen (secondary N) is 1. The molecule has 0 fully saturated rings. The molecule has 2 amide bonds. The molecule has 0 saturated heterocycles. The van der Waals surface area contributed by atoms with Crippen LogP contribution in [-0.2, 0) is 12.8 Å². The number of carbonyl (C=O) groups is 1. The van der Waals surface area contributed by atoms with E-state index in [1.165, 1.54) is 5.56 Å². The molecule has 0 aromatic heterocycles. The van der Waals surface area contributed by atoms with Crippen LogP contribution >= 0.6 is 0 Å². The largest absolute Gasteiger partial charge is 0.508 e. The number of hydrogen-bond donors (Lipinski definition) is 3. The number of urea groups is 1. The summed E-state index contributed by atoms with van der Waals surface area (Å²) in [4.78, 5) is 14.4. The highest BCUT2D eigenvalue weighted by Gasteiger charge is 2.30. The van der Waals surface area contributed by atoms with Gasteiger partial charge < -0.3 is 20.4 Å². The van der Waals surface area contributed by atoms with Crippen molar-refractivity contribution in [2.45, 2.75) is 31.8 Å². The Bertz CT molecular complexity index is 730. The van der Waals surface area contributed by atoms with E-state index in [1.54, 1.807) is 17.0 Å². The van der Waals surface area contributed by atoms with Crippen molar-refractivity contribution >= 4 is 6.03 Å². The Labute approximate surface area is 147 Å². The first-order chi connectivity index (χ1) is 12.1. The van der Waals surface area contributed by atoms with Crippen LogP contribution in [0.1, 0.15) is 29.7 Å². The molecule has 5 nitrogen and oxygen atoms in total. The lowest BCUT2D eigenvalue weighted by molar-refractivity contribution is 0.125. The van der Waals surface area contributed by atoms with Gasteiger partial charge in [-0.05, 0) is 48.6 Å². The van der Waals surface area contributed by atoms with Gasteiger partial charge in [-0.25, -0.2) is 4.79 Å². The van der Waals surface area contributed by atoms with E-state index in [0.717, 1.165) is 17.5 Å². The summed E-state index contributed by atoms with van der Waals surface area (Å²) in [5.41, 5.74) is 3.27. The van der Waals surface area contributed by atoms with Crippen LogP contribution in [0.5, 0.6) is 5.75 Å². The molecule has 1 aliphatic rings. The van der Waals surface area contributed by atoms with Gasteiger partial charge in [0.25, 0.3) is 0 Å². The van der Waals surface area contributed by atoms with Crippen molar-refractivity contribution in [3.63, 3.8) is 0 Å². The molecule has 0 aliphatic carbocycles. The topological polar surface area (TPSA) is 72.8 Å². The highest BCUT2D eigenvalue weighted by atomic mass is 16.3. The normalized spacial score (nSPS) is 17.7. The first-order valence-electron chi connectivity index (χ1n) is 8.62. The molecule has 2 unspecified atom stereocenters. The summed E-state index contributed by atoms with van der Waals surface area (Å²) in [7, 11) is 0. The van der Waals surface area contributed by atoms with Crippen molar-refractivity contribution in [3.05, 3.63) is 65.2 Å². The molecule has 2 aromatic rings. The van der Waals surface area contributed by atoms with Crippen molar-refractivity contribution < 1.29 is 15.0 Å². The summed E-state index contributed by atoms with van der Waals surface area (Å²) in [5.74, 6) is 0.234. The molecule has 2 aromatic carbocycles. The van der Waals surface area contributed by atoms with E-state index < -0.39 is 0 Å². The maximum Gasteiger partial charge on any atom is 0.318 e. The average Bonchev–Trinajstić information content (AvgIpc) is 2.62.